The molecule has 5 heteroatoms. The summed E-state index contributed by atoms with van der Waals surface area (Å²) in [6.45, 7) is 4.28. The van der Waals surface area contributed by atoms with Crippen LogP contribution in [0.3, 0.4) is 0 Å². The molecule has 2 aliphatic rings. The molecule has 0 aliphatic carbocycles. The van der Waals surface area contributed by atoms with Crippen LogP contribution in [0, 0.1) is 0 Å². The summed E-state index contributed by atoms with van der Waals surface area (Å²) >= 11 is 3.58. The smallest absolute Gasteiger partial charge is 0.132 e. The number of nitrogens with one attached hydrogen (secondary N) is 2. The molecule has 0 saturated carbocycles. The first-order valence-electron chi connectivity index (χ1n) is 6.03. The van der Waals surface area contributed by atoms with Crippen molar-refractivity contribution in [3.05, 3.63) is 15.9 Å². The van der Waals surface area contributed by atoms with Gasteiger partial charge in [-0.25, -0.2) is 0 Å². The maximum Gasteiger partial charge on any atom is 0.132 e. The van der Waals surface area contributed by atoms with Crippen LogP contribution >= 0.6 is 15.9 Å². The molecule has 0 amide bonds. The van der Waals surface area contributed by atoms with Gasteiger partial charge in [0.1, 0.15) is 4.60 Å². The Balaban J connectivity index is 1.93. The van der Waals surface area contributed by atoms with E-state index in [4.69, 9.17) is 0 Å². The summed E-state index contributed by atoms with van der Waals surface area (Å²) in [6.07, 6.45) is 3.51. The van der Waals surface area contributed by atoms with Crippen molar-refractivity contribution in [3.8, 4) is 0 Å². The van der Waals surface area contributed by atoms with Gasteiger partial charge in [0.05, 0.1) is 6.04 Å². The van der Waals surface area contributed by atoms with Gasteiger partial charge in [-0.15, -0.1) is 0 Å². The number of halogens is 1. The largest absolute Gasteiger partial charge is 0.317 e. The van der Waals surface area contributed by atoms with Crippen LogP contribution in [0.2, 0.25) is 0 Å². The Morgan fingerprint density at radius 2 is 2.00 bits per heavy atom. The molecular formula is C11H17BrN4. The fourth-order valence-corrected chi connectivity index (χ4v) is 3.23. The molecule has 0 atom stereocenters. The van der Waals surface area contributed by atoms with E-state index in [1.807, 2.05) is 0 Å². The normalized spacial score (nSPS) is 22.1. The van der Waals surface area contributed by atoms with Crippen LogP contribution in [0.1, 0.15) is 30.1 Å². The third-order valence-electron chi connectivity index (χ3n) is 3.56. The Kier molecular flexibility index (Phi) is 3.00. The summed E-state index contributed by atoms with van der Waals surface area (Å²) in [5.41, 5.74) is 2.81. The first-order chi connectivity index (χ1) is 7.86. The molecule has 2 aliphatic heterocycles. The van der Waals surface area contributed by atoms with E-state index in [0.29, 0.717) is 6.04 Å². The van der Waals surface area contributed by atoms with Crippen LogP contribution in [0.5, 0.6) is 0 Å². The van der Waals surface area contributed by atoms with Crippen molar-refractivity contribution in [3.63, 3.8) is 0 Å². The summed E-state index contributed by atoms with van der Waals surface area (Å²) in [4.78, 5) is 0. The highest BCUT2D eigenvalue weighted by Crippen LogP contribution is 2.28. The Bertz CT molecular complexity index is 382. The number of hydrogen-bond donors (Lipinski definition) is 2. The number of aromatic nitrogens is 2. The number of hydrogen-bond acceptors (Lipinski definition) is 3. The zero-order chi connectivity index (χ0) is 11.0. The van der Waals surface area contributed by atoms with Gasteiger partial charge in [0, 0.05) is 30.8 Å². The maximum absolute atomic E-state index is 4.68. The van der Waals surface area contributed by atoms with E-state index in [2.05, 4.69) is 36.3 Å². The van der Waals surface area contributed by atoms with E-state index < -0.39 is 0 Å². The molecule has 3 rings (SSSR count). The minimum absolute atomic E-state index is 0.597. The second-order valence-electron chi connectivity index (χ2n) is 4.57. The SMILES string of the molecule is Brc1nn(C2CCNCC2)c2c1CNCC2. The Labute approximate surface area is 104 Å². The molecule has 1 saturated heterocycles. The van der Waals surface area contributed by atoms with E-state index in [1.54, 1.807) is 0 Å². The summed E-state index contributed by atoms with van der Waals surface area (Å²) in [5.74, 6) is 0. The molecule has 3 heterocycles. The van der Waals surface area contributed by atoms with Crippen LogP contribution in [-0.2, 0) is 13.0 Å². The minimum atomic E-state index is 0.597. The van der Waals surface area contributed by atoms with Crippen molar-refractivity contribution in [2.45, 2.75) is 31.8 Å². The first-order valence-corrected chi connectivity index (χ1v) is 6.83. The van der Waals surface area contributed by atoms with Gasteiger partial charge >= 0.3 is 0 Å². The molecule has 1 aromatic heterocycles. The van der Waals surface area contributed by atoms with Crippen LogP contribution in [0.4, 0.5) is 0 Å². The van der Waals surface area contributed by atoms with Gasteiger partial charge in [-0.1, -0.05) is 0 Å². The molecule has 88 valence electrons. The maximum atomic E-state index is 4.68. The Morgan fingerprint density at radius 1 is 1.19 bits per heavy atom. The first kappa shape index (κ1) is 10.7. The van der Waals surface area contributed by atoms with Gasteiger partial charge in [0.2, 0.25) is 0 Å². The highest BCUT2D eigenvalue weighted by Gasteiger charge is 2.24. The van der Waals surface area contributed by atoms with Crippen molar-refractivity contribution in [2.24, 2.45) is 0 Å². The summed E-state index contributed by atoms with van der Waals surface area (Å²) < 4.78 is 3.31. The molecule has 0 bridgehead atoms. The average Bonchev–Trinajstić information content (AvgIpc) is 2.69. The average molecular weight is 285 g/mol. The monoisotopic (exact) mass is 284 g/mol. The predicted octanol–water partition coefficient (Wildman–Crippen LogP) is 1.22. The van der Waals surface area contributed by atoms with Crippen molar-refractivity contribution in [1.82, 2.24) is 20.4 Å². The van der Waals surface area contributed by atoms with Gasteiger partial charge in [-0.05, 0) is 41.9 Å². The lowest BCUT2D eigenvalue weighted by molar-refractivity contribution is 0.332. The number of fused-ring (bicyclic) bond motifs is 1. The molecule has 0 radical (unpaired) electrons. The fourth-order valence-electron chi connectivity index (χ4n) is 2.69. The van der Waals surface area contributed by atoms with Crippen molar-refractivity contribution < 1.29 is 0 Å². The fraction of sp³-hybridized carbons (Fsp3) is 0.727. The van der Waals surface area contributed by atoms with E-state index in [-0.39, 0.29) is 0 Å². The summed E-state index contributed by atoms with van der Waals surface area (Å²) in [5, 5.41) is 11.5. The lowest BCUT2D eigenvalue weighted by Crippen LogP contribution is -2.32. The Hall–Kier alpha value is -0.390. The Morgan fingerprint density at radius 3 is 2.81 bits per heavy atom. The molecule has 1 aromatic rings. The second-order valence-corrected chi connectivity index (χ2v) is 5.32. The van der Waals surface area contributed by atoms with Gasteiger partial charge < -0.3 is 10.6 Å². The van der Waals surface area contributed by atoms with Crippen molar-refractivity contribution in [2.75, 3.05) is 19.6 Å². The third-order valence-corrected chi connectivity index (χ3v) is 4.20. The molecule has 1 fully saturated rings. The molecule has 0 unspecified atom stereocenters. The van der Waals surface area contributed by atoms with Gasteiger partial charge in [-0.2, -0.15) is 5.10 Å². The van der Waals surface area contributed by atoms with Crippen LogP contribution in [0.15, 0.2) is 4.60 Å². The van der Waals surface area contributed by atoms with E-state index in [1.165, 1.54) is 24.1 Å². The van der Waals surface area contributed by atoms with Crippen molar-refractivity contribution >= 4 is 15.9 Å². The molecular weight excluding hydrogens is 268 g/mol. The van der Waals surface area contributed by atoms with E-state index in [0.717, 1.165) is 37.2 Å². The third kappa shape index (κ3) is 1.81. The lowest BCUT2D eigenvalue weighted by atomic mass is 10.0. The minimum Gasteiger partial charge on any atom is -0.317 e. The highest BCUT2D eigenvalue weighted by molar-refractivity contribution is 9.10. The van der Waals surface area contributed by atoms with Gasteiger partial charge in [-0.3, -0.25) is 4.68 Å². The summed E-state index contributed by atoms with van der Waals surface area (Å²) in [6, 6.07) is 0.597. The van der Waals surface area contributed by atoms with Gasteiger partial charge in [0.15, 0.2) is 0 Å². The quantitative estimate of drug-likeness (QED) is 0.815. The second kappa shape index (κ2) is 4.47. The molecule has 0 spiro atoms. The zero-order valence-electron chi connectivity index (χ0n) is 9.30. The number of rotatable bonds is 1. The molecule has 0 aromatic carbocycles. The van der Waals surface area contributed by atoms with E-state index >= 15 is 0 Å². The lowest BCUT2D eigenvalue weighted by Gasteiger charge is -2.26. The van der Waals surface area contributed by atoms with Crippen LogP contribution in [0.25, 0.3) is 0 Å². The van der Waals surface area contributed by atoms with E-state index in [9.17, 15) is 0 Å². The van der Waals surface area contributed by atoms with Crippen LogP contribution < -0.4 is 10.6 Å². The van der Waals surface area contributed by atoms with Crippen molar-refractivity contribution in [1.29, 1.82) is 0 Å². The standard InChI is InChI=1S/C11H17BrN4/c12-11-9-7-14-6-3-10(9)16(15-11)8-1-4-13-5-2-8/h8,13-14H,1-7H2. The van der Waals surface area contributed by atoms with Gasteiger partial charge in [0.25, 0.3) is 0 Å². The highest BCUT2D eigenvalue weighted by atomic mass is 79.9. The molecule has 4 nitrogen and oxygen atoms in total. The molecule has 2 N–H and O–H groups in total. The number of nitrogens with zero attached hydrogens (tertiary/aromatic N) is 2. The number of piperidine rings is 1. The topological polar surface area (TPSA) is 41.9 Å². The molecule has 16 heavy (non-hydrogen) atoms. The zero-order valence-corrected chi connectivity index (χ0v) is 10.9. The summed E-state index contributed by atoms with van der Waals surface area (Å²) in [7, 11) is 0. The predicted molar refractivity (Wildman–Crippen MR) is 66.5 cm³/mol. The van der Waals surface area contributed by atoms with Crippen LogP contribution in [-0.4, -0.2) is 29.4 Å².